The zero-order valence-electron chi connectivity index (χ0n) is 10.5. The molecule has 1 aromatic rings. The van der Waals surface area contributed by atoms with E-state index in [2.05, 4.69) is 20.6 Å². The summed E-state index contributed by atoms with van der Waals surface area (Å²) in [5, 5.41) is 5.80. The molecule has 0 spiro atoms. The van der Waals surface area contributed by atoms with E-state index in [0.29, 0.717) is 19.0 Å². The number of aromatic nitrogens is 2. The Bertz CT molecular complexity index is 403. The first-order chi connectivity index (χ1) is 8.67. The number of nitrogens with one attached hydrogen (secondary N) is 2. The number of halogens is 1. The van der Waals surface area contributed by atoms with Gasteiger partial charge in [0, 0.05) is 13.1 Å². The van der Waals surface area contributed by atoms with Gasteiger partial charge >= 0.3 is 0 Å². The SMILES string of the molecule is CCCNC(=O)CSc1nc(NCC)ncc1F. The maximum absolute atomic E-state index is 13.4. The molecule has 100 valence electrons. The number of anilines is 1. The zero-order valence-corrected chi connectivity index (χ0v) is 11.3. The third-order valence-electron chi connectivity index (χ3n) is 1.96. The van der Waals surface area contributed by atoms with E-state index >= 15 is 0 Å². The Kier molecular flexibility index (Phi) is 6.42. The van der Waals surface area contributed by atoms with Gasteiger partial charge in [0.15, 0.2) is 5.82 Å². The Morgan fingerprint density at radius 2 is 2.28 bits per heavy atom. The fourth-order valence-electron chi connectivity index (χ4n) is 1.15. The van der Waals surface area contributed by atoms with Crippen LogP contribution in [0.5, 0.6) is 0 Å². The summed E-state index contributed by atoms with van der Waals surface area (Å²) in [6, 6.07) is 0. The van der Waals surface area contributed by atoms with Gasteiger partial charge in [0.1, 0.15) is 5.03 Å². The van der Waals surface area contributed by atoms with Gasteiger partial charge in [-0.05, 0) is 13.3 Å². The molecule has 0 bridgehead atoms. The summed E-state index contributed by atoms with van der Waals surface area (Å²) >= 11 is 1.07. The molecule has 0 aliphatic heterocycles. The van der Waals surface area contributed by atoms with Crippen LogP contribution in [-0.4, -0.2) is 34.7 Å². The number of carbonyl (C=O) groups is 1. The highest BCUT2D eigenvalue weighted by atomic mass is 32.2. The van der Waals surface area contributed by atoms with Gasteiger partial charge in [-0.1, -0.05) is 18.7 Å². The molecular weight excluding hydrogens is 255 g/mol. The van der Waals surface area contributed by atoms with Crippen molar-refractivity contribution < 1.29 is 9.18 Å². The number of rotatable bonds is 7. The van der Waals surface area contributed by atoms with Crippen LogP contribution in [0.25, 0.3) is 0 Å². The molecule has 1 amide bonds. The first-order valence-electron chi connectivity index (χ1n) is 5.83. The quantitative estimate of drug-likeness (QED) is 0.584. The lowest BCUT2D eigenvalue weighted by Crippen LogP contribution is -2.25. The highest BCUT2D eigenvalue weighted by Gasteiger charge is 2.09. The van der Waals surface area contributed by atoms with Crippen molar-refractivity contribution in [2.45, 2.75) is 25.3 Å². The van der Waals surface area contributed by atoms with Gasteiger partial charge < -0.3 is 10.6 Å². The van der Waals surface area contributed by atoms with Crippen molar-refractivity contribution in [3.8, 4) is 0 Å². The van der Waals surface area contributed by atoms with Crippen LogP contribution in [0.2, 0.25) is 0 Å². The van der Waals surface area contributed by atoms with Crippen molar-refractivity contribution in [3.63, 3.8) is 0 Å². The first kappa shape index (κ1) is 14.7. The van der Waals surface area contributed by atoms with E-state index in [1.165, 1.54) is 0 Å². The molecule has 5 nitrogen and oxygen atoms in total. The average Bonchev–Trinajstić information content (AvgIpc) is 2.37. The second-order valence-corrected chi connectivity index (χ2v) is 4.48. The Labute approximate surface area is 110 Å². The second-order valence-electron chi connectivity index (χ2n) is 3.52. The van der Waals surface area contributed by atoms with Gasteiger partial charge in [-0.15, -0.1) is 0 Å². The standard InChI is InChI=1S/C11H17FN4OS/c1-3-5-14-9(17)7-18-10-8(12)6-15-11(16-10)13-4-2/h6H,3-5,7H2,1-2H3,(H,14,17)(H,13,15,16). The minimum absolute atomic E-state index is 0.120. The number of thioether (sulfide) groups is 1. The maximum Gasteiger partial charge on any atom is 0.230 e. The van der Waals surface area contributed by atoms with Crippen molar-refractivity contribution in [2.75, 3.05) is 24.2 Å². The molecule has 1 aromatic heterocycles. The van der Waals surface area contributed by atoms with Gasteiger partial charge in [-0.3, -0.25) is 4.79 Å². The van der Waals surface area contributed by atoms with E-state index < -0.39 is 5.82 Å². The largest absolute Gasteiger partial charge is 0.355 e. The monoisotopic (exact) mass is 272 g/mol. The Hall–Kier alpha value is -1.37. The zero-order chi connectivity index (χ0) is 13.4. The predicted molar refractivity (Wildman–Crippen MR) is 70.2 cm³/mol. The fraction of sp³-hybridized carbons (Fsp3) is 0.545. The van der Waals surface area contributed by atoms with E-state index in [1.54, 1.807) is 0 Å². The third-order valence-corrected chi connectivity index (χ3v) is 2.93. The van der Waals surface area contributed by atoms with E-state index in [-0.39, 0.29) is 16.7 Å². The first-order valence-corrected chi connectivity index (χ1v) is 6.81. The average molecular weight is 272 g/mol. The smallest absolute Gasteiger partial charge is 0.230 e. The summed E-state index contributed by atoms with van der Waals surface area (Å²) < 4.78 is 13.4. The number of amides is 1. The van der Waals surface area contributed by atoms with Gasteiger partial charge in [-0.2, -0.15) is 0 Å². The molecule has 0 atom stereocenters. The molecule has 2 N–H and O–H groups in total. The van der Waals surface area contributed by atoms with Gasteiger partial charge in [0.05, 0.1) is 11.9 Å². The second kappa shape index (κ2) is 7.86. The summed E-state index contributed by atoms with van der Waals surface area (Å²) in [4.78, 5) is 19.2. The van der Waals surface area contributed by atoms with Crippen molar-refractivity contribution in [2.24, 2.45) is 0 Å². The van der Waals surface area contributed by atoms with Gasteiger partial charge in [0.25, 0.3) is 0 Å². The summed E-state index contributed by atoms with van der Waals surface area (Å²) in [5.74, 6) is -0.107. The van der Waals surface area contributed by atoms with E-state index in [1.807, 2.05) is 13.8 Å². The number of hydrogen-bond donors (Lipinski definition) is 2. The van der Waals surface area contributed by atoms with Gasteiger partial charge in [-0.25, -0.2) is 14.4 Å². The Balaban J connectivity index is 2.55. The topological polar surface area (TPSA) is 66.9 Å². The van der Waals surface area contributed by atoms with Crippen LogP contribution < -0.4 is 10.6 Å². The highest BCUT2D eigenvalue weighted by molar-refractivity contribution is 7.99. The molecule has 0 unspecified atom stereocenters. The van der Waals surface area contributed by atoms with Crippen LogP contribution in [-0.2, 0) is 4.79 Å². The van der Waals surface area contributed by atoms with Gasteiger partial charge in [0.2, 0.25) is 11.9 Å². The summed E-state index contributed by atoms with van der Waals surface area (Å²) in [6.07, 6.45) is 1.99. The molecule has 0 saturated heterocycles. The third kappa shape index (κ3) is 4.87. The van der Waals surface area contributed by atoms with Crippen LogP contribution in [0.1, 0.15) is 20.3 Å². The fourth-order valence-corrected chi connectivity index (χ4v) is 1.86. The molecule has 7 heteroatoms. The van der Waals surface area contributed by atoms with Crippen molar-refractivity contribution in [1.82, 2.24) is 15.3 Å². The molecule has 0 saturated carbocycles. The minimum Gasteiger partial charge on any atom is -0.355 e. The molecule has 18 heavy (non-hydrogen) atoms. The molecule has 1 rings (SSSR count). The molecule has 0 aromatic carbocycles. The molecule has 0 aliphatic carbocycles. The van der Waals surface area contributed by atoms with Crippen LogP contribution >= 0.6 is 11.8 Å². The normalized spacial score (nSPS) is 10.2. The number of nitrogens with zero attached hydrogens (tertiary/aromatic N) is 2. The van der Waals surface area contributed by atoms with E-state index in [4.69, 9.17) is 0 Å². The summed E-state index contributed by atoms with van der Waals surface area (Å²) in [5.41, 5.74) is 0. The van der Waals surface area contributed by atoms with Crippen LogP contribution in [0.15, 0.2) is 11.2 Å². The molecular formula is C11H17FN4OS. The van der Waals surface area contributed by atoms with Crippen molar-refractivity contribution >= 4 is 23.6 Å². The number of carbonyl (C=O) groups excluding carboxylic acids is 1. The van der Waals surface area contributed by atoms with Crippen LogP contribution in [0.4, 0.5) is 10.3 Å². The lowest BCUT2D eigenvalue weighted by atomic mass is 10.5. The van der Waals surface area contributed by atoms with Crippen LogP contribution in [0, 0.1) is 5.82 Å². The lowest BCUT2D eigenvalue weighted by molar-refractivity contribution is -0.118. The Morgan fingerprint density at radius 3 is 2.94 bits per heavy atom. The predicted octanol–water partition coefficient (Wildman–Crippen LogP) is 1.67. The molecule has 0 fully saturated rings. The summed E-state index contributed by atoms with van der Waals surface area (Å²) in [6.45, 7) is 5.17. The molecule has 0 aliphatic rings. The molecule has 0 radical (unpaired) electrons. The highest BCUT2D eigenvalue weighted by Crippen LogP contribution is 2.19. The maximum atomic E-state index is 13.4. The molecule has 1 heterocycles. The lowest BCUT2D eigenvalue weighted by Gasteiger charge is -2.06. The number of hydrogen-bond acceptors (Lipinski definition) is 5. The van der Waals surface area contributed by atoms with Crippen molar-refractivity contribution in [1.29, 1.82) is 0 Å². The van der Waals surface area contributed by atoms with Crippen LogP contribution in [0.3, 0.4) is 0 Å². The van der Waals surface area contributed by atoms with E-state index in [0.717, 1.165) is 24.4 Å². The Morgan fingerprint density at radius 1 is 1.50 bits per heavy atom. The van der Waals surface area contributed by atoms with E-state index in [9.17, 15) is 9.18 Å². The minimum atomic E-state index is -0.509. The van der Waals surface area contributed by atoms with Crippen molar-refractivity contribution in [3.05, 3.63) is 12.0 Å². The summed E-state index contributed by atoms with van der Waals surface area (Å²) in [7, 11) is 0.